The van der Waals surface area contributed by atoms with Gasteiger partial charge in [0.15, 0.2) is 0 Å². The molecule has 0 aliphatic heterocycles. The lowest BCUT2D eigenvalue weighted by Crippen LogP contribution is -2.37. The molecule has 0 atom stereocenters. The van der Waals surface area contributed by atoms with Crippen molar-refractivity contribution in [1.82, 2.24) is 4.90 Å². The number of carbonyl (C=O) groups excluding carboxylic acids is 1. The maximum Gasteiger partial charge on any atom is 0.410 e. The van der Waals surface area contributed by atoms with Gasteiger partial charge in [-0.1, -0.05) is 0 Å². The molecule has 0 radical (unpaired) electrons. The zero-order chi connectivity index (χ0) is 9.84. The van der Waals surface area contributed by atoms with Crippen LogP contribution in [0.3, 0.4) is 0 Å². The molecule has 13 heavy (non-hydrogen) atoms. The fourth-order valence-corrected chi connectivity index (χ4v) is 1.08. The second kappa shape index (κ2) is 4.11. The van der Waals surface area contributed by atoms with Gasteiger partial charge in [0.2, 0.25) is 0 Å². The van der Waals surface area contributed by atoms with Crippen molar-refractivity contribution in [3.63, 3.8) is 0 Å². The molecule has 5 heteroatoms. The number of aliphatic carboxylic acids is 1. The van der Waals surface area contributed by atoms with Gasteiger partial charge in [0.1, 0.15) is 6.54 Å². The molecule has 1 aliphatic rings. The second-order valence-electron chi connectivity index (χ2n) is 2.95. The Morgan fingerprint density at radius 2 is 2.15 bits per heavy atom. The Morgan fingerprint density at radius 1 is 1.54 bits per heavy atom. The van der Waals surface area contributed by atoms with Gasteiger partial charge in [0.05, 0.1) is 6.61 Å². The average molecular weight is 187 g/mol. The highest BCUT2D eigenvalue weighted by atomic mass is 16.6. The Balaban J connectivity index is 2.45. The van der Waals surface area contributed by atoms with Crippen molar-refractivity contribution in [1.29, 1.82) is 0 Å². The van der Waals surface area contributed by atoms with Gasteiger partial charge in [-0.05, 0) is 19.8 Å². The van der Waals surface area contributed by atoms with Crippen LogP contribution in [0.25, 0.3) is 0 Å². The maximum absolute atomic E-state index is 11.2. The highest BCUT2D eigenvalue weighted by molar-refractivity contribution is 5.77. The van der Waals surface area contributed by atoms with Crippen LogP contribution in [0.15, 0.2) is 0 Å². The summed E-state index contributed by atoms with van der Waals surface area (Å²) in [5, 5.41) is 8.53. The standard InChI is InChI=1S/C8H13NO4/c1-2-13-8(12)9(5-7(10)11)6-3-4-6/h6H,2-5H2,1H3,(H,10,11). The van der Waals surface area contributed by atoms with Crippen LogP contribution in [-0.2, 0) is 9.53 Å². The number of carbonyl (C=O) groups is 2. The van der Waals surface area contributed by atoms with Gasteiger partial charge in [0, 0.05) is 6.04 Å². The lowest BCUT2D eigenvalue weighted by molar-refractivity contribution is -0.138. The molecule has 0 aromatic rings. The van der Waals surface area contributed by atoms with Crippen molar-refractivity contribution in [2.24, 2.45) is 0 Å². The van der Waals surface area contributed by atoms with E-state index in [4.69, 9.17) is 9.84 Å². The molecule has 74 valence electrons. The number of nitrogens with zero attached hydrogens (tertiary/aromatic N) is 1. The fourth-order valence-electron chi connectivity index (χ4n) is 1.08. The summed E-state index contributed by atoms with van der Waals surface area (Å²) in [7, 11) is 0. The predicted octanol–water partition coefficient (Wildman–Crippen LogP) is 0.692. The Hall–Kier alpha value is -1.26. The summed E-state index contributed by atoms with van der Waals surface area (Å²) >= 11 is 0. The first kappa shape index (κ1) is 9.83. The quantitative estimate of drug-likeness (QED) is 0.703. The van der Waals surface area contributed by atoms with Crippen LogP contribution in [0.2, 0.25) is 0 Å². The van der Waals surface area contributed by atoms with Crippen LogP contribution >= 0.6 is 0 Å². The summed E-state index contributed by atoms with van der Waals surface area (Å²) in [6, 6.07) is 0.0788. The van der Waals surface area contributed by atoms with E-state index < -0.39 is 12.1 Å². The third kappa shape index (κ3) is 2.93. The van der Waals surface area contributed by atoms with Gasteiger partial charge in [-0.3, -0.25) is 9.69 Å². The van der Waals surface area contributed by atoms with E-state index in [9.17, 15) is 9.59 Å². The molecule has 1 aliphatic carbocycles. The summed E-state index contributed by atoms with van der Waals surface area (Å²) in [4.78, 5) is 22.9. The van der Waals surface area contributed by atoms with Gasteiger partial charge in [-0.15, -0.1) is 0 Å². The molecule has 1 fully saturated rings. The van der Waals surface area contributed by atoms with E-state index in [0.717, 1.165) is 12.8 Å². The van der Waals surface area contributed by atoms with E-state index in [1.54, 1.807) is 6.92 Å². The zero-order valence-corrected chi connectivity index (χ0v) is 7.52. The number of amides is 1. The number of carboxylic acid groups (broad SMARTS) is 1. The van der Waals surface area contributed by atoms with Gasteiger partial charge in [0.25, 0.3) is 0 Å². The molecule has 0 spiro atoms. The molecule has 1 amide bonds. The van der Waals surface area contributed by atoms with Crippen LogP contribution in [-0.4, -0.2) is 41.3 Å². The maximum atomic E-state index is 11.2. The second-order valence-corrected chi connectivity index (χ2v) is 2.95. The van der Waals surface area contributed by atoms with Crippen LogP contribution in [0, 0.1) is 0 Å². The molecule has 0 aromatic heterocycles. The number of hydrogen-bond donors (Lipinski definition) is 1. The Bertz CT molecular complexity index is 212. The van der Waals surface area contributed by atoms with E-state index in [-0.39, 0.29) is 19.2 Å². The molecule has 1 rings (SSSR count). The van der Waals surface area contributed by atoms with Gasteiger partial charge in [-0.2, -0.15) is 0 Å². The molecule has 0 unspecified atom stereocenters. The van der Waals surface area contributed by atoms with E-state index >= 15 is 0 Å². The molecule has 1 saturated carbocycles. The molecule has 0 bridgehead atoms. The van der Waals surface area contributed by atoms with Crippen molar-refractivity contribution >= 4 is 12.1 Å². The van der Waals surface area contributed by atoms with Crippen molar-refractivity contribution in [3.8, 4) is 0 Å². The van der Waals surface area contributed by atoms with E-state index in [1.165, 1.54) is 4.90 Å². The predicted molar refractivity (Wildman–Crippen MR) is 44.4 cm³/mol. The number of hydrogen-bond acceptors (Lipinski definition) is 3. The lowest BCUT2D eigenvalue weighted by atomic mass is 10.5. The summed E-state index contributed by atoms with van der Waals surface area (Å²) in [6.07, 6.45) is 1.24. The first-order valence-electron chi connectivity index (χ1n) is 4.30. The summed E-state index contributed by atoms with van der Waals surface area (Å²) in [5.74, 6) is -1.00. The largest absolute Gasteiger partial charge is 0.480 e. The van der Waals surface area contributed by atoms with E-state index in [1.807, 2.05) is 0 Å². The van der Waals surface area contributed by atoms with E-state index in [0.29, 0.717) is 0 Å². The Kier molecular flexibility index (Phi) is 3.11. The highest BCUT2D eigenvalue weighted by Crippen LogP contribution is 2.26. The highest BCUT2D eigenvalue weighted by Gasteiger charge is 2.34. The number of rotatable bonds is 4. The minimum absolute atomic E-state index is 0.0788. The minimum atomic E-state index is -1.00. The van der Waals surface area contributed by atoms with Crippen molar-refractivity contribution in [2.75, 3.05) is 13.2 Å². The summed E-state index contributed by atoms with van der Waals surface area (Å²) < 4.78 is 4.73. The molecule has 5 nitrogen and oxygen atoms in total. The SMILES string of the molecule is CCOC(=O)N(CC(=O)O)C1CC1. The monoisotopic (exact) mass is 187 g/mol. The molecular weight excluding hydrogens is 174 g/mol. The molecule has 0 saturated heterocycles. The topological polar surface area (TPSA) is 66.8 Å². The van der Waals surface area contributed by atoms with Crippen molar-refractivity contribution in [3.05, 3.63) is 0 Å². The lowest BCUT2D eigenvalue weighted by Gasteiger charge is -2.18. The van der Waals surface area contributed by atoms with Crippen LogP contribution in [0.5, 0.6) is 0 Å². The minimum Gasteiger partial charge on any atom is -0.480 e. The first-order chi connectivity index (χ1) is 6.15. The normalized spacial score (nSPS) is 15.2. The van der Waals surface area contributed by atoms with Crippen molar-refractivity contribution < 1.29 is 19.4 Å². The molecule has 0 heterocycles. The average Bonchev–Trinajstić information content (AvgIpc) is 2.82. The molecule has 1 N–H and O–H groups in total. The van der Waals surface area contributed by atoms with Crippen LogP contribution in [0.4, 0.5) is 4.79 Å². The Labute approximate surface area is 76.3 Å². The smallest absolute Gasteiger partial charge is 0.410 e. The fraction of sp³-hybridized carbons (Fsp3) is 0.750. The third-order valence-electron chi connectivity index (χ3n) is 1.80. The third-order valence-corrected chi connectivity index (χ3v) is 1.80. The van der Waals surface area contributed by atoms with Gasteiger partial charge in [-0.25, -0.2) is 4.79 Å². The molecular formula is C8H13NO4. The van der Waals surface area contributed by atoms with E-state index in [2.05, 4.69) is 0 Å². The van der Waals surface area contributed by atoms with Gasteiger partial charge < -0.3 is 9.84 Å². The summed E-state index contributed by atoms with van der Waals surface area (Å²) in [5.41, 5.74) is 0. The summed E-state index contributed by atoms with van der Waals surface area (Å²) in [6.45, 7) is 1.72. The molecule has 0 aromatic carbocycles. The zero-order valence-electron chi connectivity index (χ0n) is 7.52. The Morgan fingerprint density at radius 3 is 2.54 bits per heavy atom. The van der Waals surface area contributed by atoms with Crippen molar-refractivity contribution in [2.45, 2.75) is 25.8 Å². The number of ether oxygens (including phenoxy) is 1. The van der Waals surface area contributed by atoms with Gasteiger partial charge >= 0.3 is 12.1 Å². The first-order valence-corrected chi connectivity index (χ1v) is 4.30. The van der Waals surface area contributed by atoms with Crippen LogP contribution in [0.1, 0.15) is 19.8 Å². The van der Waals surface area contributed by atoms with Crippen LogP contribution < -0.4 is 0 Å². The number of carboxylic acids is 1.